The molecule has 76 valence electrons. The number of nitrogens with zero attached hydrogens (tertiary/aromatic N) is 1. The van der Waals surface area contributed by atoms with Gasteiger partial charge in [0.25, 0.3) is 0 Å². The second-order valence-corrected chi connectivity index (χ2v) is 3.87. The van der Waals surface area contributed by atoms with Gasteiger partial charge in [-0.25, -0.2) is 0 Å². The zero-order valence-corrected chi connectivity index (χ0v) is 8.37. The van der Waals surface area contributed by atoms with Crippen LogP contribution in [0.1, 0.15) is 31.4 Å². The predicted octanol–water partition coefficient (Wildman–Crippen LogP) is 1.89. The summed E-state index contributed by atoms with van der Waals surface area (Å²) in [6.45, 7) is 0.514. The minimum absolute atomic E-state index is 0.514. The summed E-state index contributed by atoms with van der Waals surface area (Å²) in [5.41, 5.74) is 7.65. The zero-order chi connectivity index (χ0) is 9.80. The molecule has 0 unspecified atom stereocenters. The Morgan fingerprint density at radius 2 is 2.21 bits per heavy atom. The van der Waals surface area contributed by atoms with Crippen LogP contribution in [0.25, 0.3) is 0 Å². The highest BCUT2D eigenvalue weighted by molar-refractivity contribution is 5.44. The summed E-state index contributed by atoms with van der Waals surface area (Å²) < 4.78 is 0. The van der Waals surface area contributed by atoms with Gasteiger partial charge < -0.3 is 11.1 Å². The van der Waals surface area contributed by atoms with E-state index in [0.29, 0.717) is 12.6 Å². The van der Waals surface area contributed by atoms with Gasteiger partial charge in [-0.15, -0.1) is 0 Å². The number of hydrogen-bond donors (Lipinski definition) is 2. The largest absolute Gasteiger partial charge is 0.382 e. The lowest BCUT2D eigenvalue weighted by Gasteiger charge is -2.13. The van der Waals surface area contributed by atoms with Crippen molar-refractivity contribution in [2.75, 3.05) is 5.32 Å². The predicted molar refractivity (Wildman–Crippen MR) is 58.0 cm³/mol. The lowest BCUT2D eigenvalue weighted by atomic mass is 10.2. The zero-order valence-electron chi connectivity index (χ0n) is 8.37. The number of nitrogens with one attached hydrogen (secondary N) is 1. The second-order valence-electron chi connectivity index (χ2n) is 3.87. The maximum absolute atomic E-state index is 5.54. The summed E-state index contributed by atoms with van der Waals surface area (Å²) >= 11 is 0. The molecule has 1 saturated carbocycles. The van der Waals surface area contributed by atoms with Crippen molar-refractivity contribution in [3.8, 4) is 0 Å². The lowest BCUT2D eigenvalue weighted by Crippen LogP contribution is -2.14. The third kappa shape index (κ3) is 2.23. The number of pyridine rings is 1. The molecule has 0 aromatic carbocycles. The van der Waals surface area contributed by atoms with E-state index in [-0.39, 0.29) is 0 Å². The molecule has 0 spiro atoms. The smallest absolute Gasteiger partial charge is 0.0559 e. The molecular weight excluding hydrogens is 174 g/mol. The Hall–Kier alpha value is -1.09. The van der Waals surface area contributed by atoms with Crippen molar-refractivity contribution < 1.29 is 0 Å². The molecule has 0 saturated heterocycles. The Morgan fingerprint density at radius 3 is 2.93 bits per heavy atom. The average Bonchev–Trinajstić information content (AvgIpc) is 2.71. The van der Waals surface area contributed by atoms with Gasteiger partial charge >= 0.3 is 0 Å². The van der Waals surface area contributed by atoms with Crippen molar-refractivity contribution in [2.24, 2.45) is 5.73 Å². The monoisotopic (exact) mass is 191 g/mol. The van der Waals surface area contributed by atoms with Crippen molar-refractivity contribution in [2.45, 2.75) is 38.3 Å². The van der Waals surface area contributed by atoms with Crippen molar-refractivity contribution in [1.29, 1.82) is 0 Å². The van der Waals surface area contributed by atoms with Crippen LogP contribution in [-0.4, -0.2) is 11.0 Å². The lowest BCUT2D eigenvalue weighted by molar-refractivity contribution is 0.754. The minimum atomic E-state index is 0.514. The maximum Gasteiger partial charge on any atom is 0.0559 e. The van der Waals surface area contributed by atoms with E-state index < -0.39 is 0 Å². The highest BCUT2D eigenvalue weighted by Gasteiger charge is 2.14. The molecule has 1 heterocycles. The number of nitrogens with two attached hydrogens (primary N) is 1. The normalized spacial score (nSPS) is 17.2. The van der Waals surface area contributed by atoms with Crippen LogP contribution in [0.3, 0.4) is 0 Å². The molecule has 1 aliphatic carbocycles. The summed E-state index contributed by atoms with van der Waals surface area (Å²) in [4.78, 5) is 4.17. The highest BCUT2D eigenvalue weighted by Crippen LogP contribution is 2.22. The quantitative estimate of drug-likeness (QED) is 0.767. The van der Waals surface area contributed by atoms with Gasteiger partial charge in [0.2, 0.25) is 0 Å². The van der Waals surface area contributed by atoms with Crippen LogP contribution >= 0.6 is 0 Å². The summed E-state index contributed by atoms with van der Waals surface area (Å²) in [6, 6.07) is 4.71. The van der Waals surface area contributed by atoms with Crippen molar-refractivity contribution in [1.82, 2.24) is 4.98 Å². The molecule has 0 radical (unpaired) electrons. The molecule has 0 atom stereocenters. The van der Waals surface area contributed by atoms with Crippen LogP contribution in [0.4, 0.5) is 5.69 Å². The molecule has 1 fully saturated rings. The Labute approximate surface area is 84.7 Å². The Kier molecular flexibility index (Phi) is 2.99. The molecule has 1 aromatic heterocycles. The first-order chi connectivity index (χ1) is 6.88. The summed E-state index contributed by atoms with van der Waals surface area (Å²) in [7, 11) is 0. The molecule has 3 nitrogen and oxygen atoms in total. The molecule has 3 heteroatoms. The van der Waals surface area contributed by atoms with Crippen LogP contribution in [0.5, 0.6) is 0 Å². The van der Waals surface area contributed by atoms with Crippen LogP contribution < -0.4 is 11.1 Å². The van der Waals surface area contributed by atoms with E-state index in [2.05, 4.69) is 10.3 Å². The van der Waals surface area contributed by atoms with Gasteiger partial charge in [-0.2, -0.15) is 0 Å². The molecular formula is C11H17N3. The third-order valence-electron chi connectivity index (χ3n) is 2.75. The Morgan fingerprint density at radius 1 is 1.43 bits per heavy atom. The molecule has 14 heavy (non-hydrogen) atoms. The SMILES string of the molecule is NCc1cc(NC2CCCC2)ccn1. The number of aromatic nitrogens is 1. The molecule has 0 amide bonds. The van der Waals surface area contributed by atoms with Crippen LogP contribution in [-0.2, 0) is 6.54 Å². The first-order valence-electron chi connectivity index (χ1n) is 5.30. The summed E-state index contributed by atoms with van der Waals surface area (Å²) in [6.07, 6.45) is 7.11. The van der Waals surface area contributed by atoms with Crippen LogP contribution in [0.15, 0.2) is 18.3 Å². The second kappa shape index (κ2) is 4.42. The molecule has 1 aliphatic rings. The fourth-order valence-corrected chi connectivity index (χ4v) is 1.99. The van der Waals surface area contributed by atoms with Gasteiger partial charge in [0.1, 0.15) is 0 Å². The standard InChI is InChI=1S/C11H17N3/c12-8-11-7-10(5-6-13-11)14-9-3-1-2-4-9/h5-7,9H,1-4,8,12H2,(H,13,14). The van der Waals surface area contributed by atoms with E-state index in [0.717, 1.165) is 11.4 Å². The van der Waals surface area contributed by atoms with Gasteiger partial charge in [0, 0.05) is 24.5 Å². The number of hydrogen-bond acceptors (Lipinski definition) is 3. The van der Waals surface area contributed by atoms with Crippen molar-refractivity contribution in [3.05, 3.63) is 24.0 Å². The average molecular weight is 191 g/mol. The molecule has 0 aliphatic heterocycles. The van der Waals surface area contributed by atoms with Crippen LogP contribution in [0, 0.1) is 0 Å². The van der Waals surface area contributed by atoms with Gasteiger partial charge in [0.15, 0.2) is 0 Å². The van der Waals surface area contributed by atoms with E-state index in [1.54, 1.807) is 0 Å². The first-order valence-corrected chi connectivity index (χ1v) is 5.30. The fraction of sp³-hybridized carbons (Fsp3) is 0.545. The summed E-state index contributed by atoms with van der Waals surface area (Å²) in [5, 5.41) is 3.52. The third-order valence-corrected chi connectivity index (χ3v) is 2.75. The van der Waals surface area contributed by atoms with Gasteiger partial charge in [-0.3, -0.25) is 4.98 Å². The number of anilines is 1. The van der Waals surface area contributed by atoms with Crippen molar-refractivity contribution >= 4 is 5.69 Å². The minimum Gasteiger partial charge on any atom is -0.382 e. The van der Waals surface area contributed by atoms with Gasteiger partial charge in [-0.05, 0) is 25.0 Å². The first kappa shape index (κ1) is 9.46. The number of rotatable bonds is 3. The van der Waals surface area contributed by atoms with Gasteiger partial charge in [0.05, 0.1) is 5.69 Å². The van der Waals surface area contributed by atoms with E-state index in [9.17, 15) is 0 Å². The van der Waals surface area contributed by atoms with E-state index in [4.69, 9.17) is 5.73 Å². The van der Waals surface area contributed by atoms with E-state index in [1.807, 2.05) is 18.3 Å². The van der Waals surface area contributed by atoms with Gasteiger partial charge in [-0.1, -0.05) is 12.8 Å². The molecule has 0 bridgehead atoms. The molecule has 3 N–H and O–H groups in total. The summed E-state index contributed by atoms with van der Waals surface area (Å²) in [5.74, 6) is 0. The Balaban J connectivity index is 2.00. The van der Waals surface area contributed by atoms with E-state index >= 15 is 0 Å². The van der Waals surface area contributed by atoms with Crippen molar-refractivity contribution in [3.63, 3.8) is 0 Å². The fourth-order valence-electron chi connectivity index (χ4n) is 1.99. The maximum atomic E-state index is 5.54. The molecule has 1 aromatic rings. The Bertz CT molecular complexity index is 292. The van der Waals surface area contributed by atoms with E-state index in [1.165, 1.54) is 25.7 Å². The molecule has 2 rings (SSSR count). The van der Waals surface area contributed by atoms with Crippen LogP contribution in [0.2, 0.25) is 0 Å². The topological polar surface area (TPSA) is 50.9 Å². The highest BCUT2D eigenvalue weighted by atomic mass is 14.9.